The van der Waals surface area contributed by atoms with E-state index in [1.807, 2.05) is 7.11 Å². The van der Waals surface area contributed by atoms with Crippen molar-refractivity contribution in [2.45, 2.75) is 31.2 Å². The Morgan fingerprint density at radius 2 is 1.94 bits per heavy atom. The zero-order valence-electron chi connectivity index (χ0n) is 11.3. The maximum Gasteiger partial charge on any atom is 0.164 e. The van der Waals surface area contributed by atoms with Gasteiger partial charge < -0.3 is 4.43 Å². The first-order valence-electron chi connectivity index (χ1n) is 8.04. The molecule has 0 radical (unpaired) electrons. The first kappa shape index (κ1) is 10.7. The number of allylic oxidation sites excluding steroid dienone is 2. The van der Waals surface area contributed by atoms with E-state index < -0.39 is 0 Å². The molecule has 9 atom stereocenters. The third-order valence-electron chi connectivity index (χ3n) is 7.49. The SMILES string of the molecule is CO[SiH2]C1CC2CC1C1C3CC(C4C=CCC43)C21. The fourth-order valence-corrected chi connectivity index (χ4v) is 9.09. The van der Waals surface area contributed by atoms with Crippen molar-refractivity contribution in [2.75, 3.05) is 7.11 Å². The van der Waals surface area contributed by atoms with Crippen molar-refractivity contribution < 1.29 is 4.43 Å². The van der Waals surface area contributed by atoms with Crippen molar-refractivity contribution in [3.63, 3.8) is 0 Å². The van der Waals surface area contributed by atoms with Crippen LogP contribution in [-0.4, -0.2) is 16.9 Å². The summed E-state index contributed by atoms with van der Waals surface area (Å²) in [5.74, 6) is 8.79. The van der Waals surface area contributed by atoms with Gasteiger partial charge in [0.15, 0.2) is 9.76 Å². The normalized spacial score (nSPS) is 63.3. The molecule has 4 fully saturated rings. The molecule has 0 aliphatic heterocycles. The van der Waals surface area contributed by atoms with Crippen molar-refractivity contribution >= 4 is 9.76 Å². The fraction of sp³-hybridized carbons (Fsp3) is 0.875. The van der Waals surface area contributed by atoms with Crippen LogP contribution < -0.4 is 0 Å². The minimum absolute atomic E-state index is 0.218. The summed E-state index contributed by atoms with van der Waals surface area (Å²) >= 11 is 0. The van der Waals surface area contributed by atoms with E-state index in [0.717, 1.165) is 52.9 Å². The predicted octanol–water partition coefficient (Wildman–Crippen LogP) is 2.62. The van der Waals surface area contributed by atoms with E-state index in [1.54, 1.807) is 19.3 Å². The molecule has 2 heteroatoms. The second-order valence-corrected chi connectivity index (χ2v) is 9.69. The number of fused-ring (bicyclic) bond motifs is 12. The molecule has 0 aromatic heterocycles. The molecule has 5 aliphatic carbocycles. The van der Waals surface area contributed by atoms with Gasteiger partial charge in [0.2, 0.25) is 0 Å². The molecule has 4 bridgehead atoms. The molecular weight excluding hydrogens is 236 g/mol. The van der Waals surface area contributed by atoms with E-state index in [1.165, 1.54) is 6.42 Å². The maximum absolute atomic E-state index is 5.62. The Bertz CT molecular complexity index is 406. The van der Waals surface area contributed by atoms with Gasteiger partial charge in [0.1, 0.15) is 0 Å². The van der Waals surface area contributed by atoms with E-state index in [2.05, 4.69) is 12.2 Å². The van der Waals surface area contributed by atoms with Gasteiger partial charge in [-0.1, -0.05) is 12.2 Å². The summed E-state index contributed by atoms with van der Waals surface area (Å²) in [4.78, 5) is 0. The van der Waals surface area contributed by atoms with Crippen LogP contribution in [0.4, 0.5) is 0 Å². The van der Waals surface area contributed by atoms with Crippen LogP contribution in [0.25, 0.3) is 0 Å². The lowest BCUT2D eigenvalue weighted by Gasteiger charge is -2.43. The van der Waals surface area contributed by atoms with E-state index >= 15 is 0 Å². The lowest BCUT2D eigenvalue weighted by Crippen LogP contribution is -2.38. The average Bonchev–Trinajstić information content (AvgIpc) is 3.11. The van der Waals surface area contributed by atoms with E-state index in [-0.39, 0.29) is 9.76 Å². The highest BCUT2D eigenvalue weighted by atomic mass is 28.2. The van der Waals surface area contributed by atoms with Gasteiger partial charge in [-0.15, -0.1) is 0 Å². The summed E-state index contributed by atoms with van der Waals surface area (Å²) in [6.07, 6.45) is 11.3. The number of hydrogen-bond donors (Lipinski definition) is 0. The number of hydrogen-bond acceptors (Lipinski definition) is 1. The first-order chi connectivity index (χ1) is 8.88. The topological polar surface area (TPSA) is 9.23 Å². The van der Waals surface area contributed by atoms with Crippen LogP contribution in [0, 0.1) is 47.3 Å². The van der Waals surface area contributed by atoms with Crippen molar-refractivity contribution in [3.8, 4) is 0 Å². The molecule has 9 unspecified atom stereocenters. The Morgan fingerprint density at radius 1 is 1.00 bits per heavy atom. The molecule has 98 valence electrons. The maximum atomic E-state index is 5.62. The minimum atomic E-state index is -0.218. The quantitative estimate of drug-likeness (QED) is 0.421. The van der Waals surface area contributed by atoms with E-state index in [4.69, 9.17) is 4.43 Å². The van der Waals surface area contributed by atoms with Crippen LogP contribution in [0.1, 0.15) is 25.7 Å². The fourth-order valence-electron chi connectivity index (χ4n) is 7.35. The van der Waals surface area contributed by atoms with Gasteiger partial charge in [0.05, 0.1) is 0 Å². The van der Waals surface area contributed by atoms with E-state index in [9.17, 15) is 0 Å². The van der Waals surface area contributed by atoms with Gasteiger partial charge in [-0.3, -0.25) is 0 Å². The highest BCUT2D eigenvalue weighted by molar-refractivity contribution is 6.29. The minimum Gasteiger partial charge on any atom is -0.427 e. The van der Waals surface area contributed by atoms with Crippen LogP contribution in [0.2, 0.25) is 5.54 Å². The Kier molecular flexibility index (Phi) is 2.08. The third kappa shape index (κ3) is 1.09. The molecule has 0 amide bonds. The number of rotatable bonds is 2. The summed E-state index contributed by atoms with van der Waals surface area (Å²) in [6, 6.07) is 0. The first-order valence-corrected chi connectivity index (χ1v) is 9.43. The third-order valence-corrected chi connectivity index (χ3v) is 9.19. The Hall–Kier alpha value is -0.0831. The molecule has 5 rings (SSSR count). The Balaban J connectivity index is 1.47. The van der Waals surface area contributed by atoms with Gasteiger partial charge in [0, 0.05) is 7.11 Å². The molecule has 0 spiro atoms. The summed E-state index contributed by atoms with van der Waals surface area (Å²) in [5, 5.41) is 0. The highest BCUT2D eigenvalue weighted by Crippen LogP contribution is 2.73. The van der Waals surface area contributed by atoms with Gasteiger partial charge in [-0.05, 0) is 78.6 Å². The summed E-state index contributed by atoms with van der Waals surface area (Å²) < 4.78 is 5.62. The molecule has 0 aromatic rings. The summed E-state index contributed by atoms with van der Waals surface area (Å²) in [5.41, 5.74) is 1.05. The van der Waals surface area contributed by atoms with Gasteiger partial charge in [-0.2, -0.15) is 0 Å². The molecule has 0 N–H and O–H groups in total. The lowest BCUT2D eigenvalue weighted by atomic mass is 9.64. The van der Waals surface area contributed by atoms with Crippen molar-refractivity contribution in [1.82, 2.24) is 0 Å². The molecular formula is C16H24OSi. The second-order valence-electron chi connectivity index (χ2n) is 7.73. The summed E-state index contributed by atoms with van der Waals surface area (Å²) in [6.45, 7) is 0. The van der Waals surface area contributed by atoms with E-state index in [0.29, 0.717) is 0 Å². The molecule has 18 heavy (non-hydrogen) atoms. The lowest BCUT2D eigenvalue weighted by molar-refractivity contribution is 0.0804. The van der Waals surface area contributed by atoms with Gasteiger partial charge in [-0.25, -0.2) is 0 Å². The molecule has 0 aromatic carbocycles. The molecule has 0 saturated heterocycles. The molecule has 1 nitrogen and oxygen atoms in total. The Morgan fingerprint density at radius 3 is 2.83 bits per heavy atom. The zero-order chi connectivity index (χ0) is 11.9. The van der Waals surface area contributed by atoms with Crippen LogP contribution >= 0.6 is 0 Å². The Labute approximate surface area is 112 Å². The monoisotopic (exact) mass is 260 g/mol. The summed E-state index contributed by atoms with van der Waals surface area (Å²) in [7, 11) is 1.73. The van der Waals surface area contributed by atoms with Crippen molar-refractivity contribution in [1.29, 1.82) is 0 Å². The standard InChI is InChI=1S/C16H24OSi/c1-17-18-14-6-8-5-13(14)16-12-7-11(15(8)16)9-3-2-4-10(9)12/h2-3,8-16H,4-7,18H2,1H3. The molecule has 5 aliphatic rings. The predicted molar refractivity (Wildman–Crippen MR) is 74.8 cm³/mol. The average molecular weight is 260 g/mol. The van der Waals surface area contributed by atoms with Crippen LogP contribution in [0.3, 0.4) is 0 Å². The smallest absolute Gasteiger partial charge is 0.164 e. The van der Waals surface area contributed by atoms with Crippen LogP contribution in [-0.2, 0) is 4.43 Å². The molecule has 4 saturated carbocycles. The van der Waals surface area contributed by atoms with Gasteiger partial charge >= 0.3 is 0 Å². The van der Waals surface area contributed by atoms with Crippen molar-refractivity contribution in [2.24, 2.45) is 47.3 Å². The van der Waals surface area contributed by atoms with Crippen LogP contribution in [0.15, 0.2) is 12.2 Å². The molecule has 0 heterocycles. The van der Waals surface area contributed by atoms with Crippen molar-refractivity contribution in [3.05, 3.63) is 12.2 Å². The van der Waals surface area contributed by atoms with Crippen LogP contribution in [0.5, 0.6) is 0 Å². The second kappa shape index (κ2) is 3.52. The zero-order valence-corrected chi connectivity index (χ0v) is 12.7. The van der Waals surface area contributed by atoms with Gasteiger partial charge in [0.25, 0.3) is 0 Å². The highest BCUT2D eigenvalue weighted by Gasteiger charge is 2.67. The largest absolute Gasteiger partial charge is 0.427 e.